The number of amides is 1. The van der Waals surface area contributed by atoms with Gasteiger partial charge in [0.1, 0.15) is 6.61 Å². The number of rotatable bonds is 9. The molecule has 1 heterocycles. The number of carbonyl (C=O) groups excluding carboxylic acids is 1. The quantitative estimate of drug-likeness (QED) is 0.607. The number of hydrogen-bond acceptors (Lipinski definition) is 4. The Kier molecular flexibility index (Phi) is 11.0. The van der Waals surface area contributed by atoms with E-state index in [0.717, 1.165) is 25.9 Å². The van der Waals surface area contributed by atoms with Gasteiger partial charge in [0.05, 0.1) is 17.3 Å². The molecule has 1 aromatic carbocycles. The highest BCUT2D eigenvalue weighted by molar-refractivity contribution is 6.32. The van der Waals surface area contributed by atoms with Crippen LogP contribution in [-0.2, 0) is 9.53 Å². The second kappa shape index (κ2) is 12.4. The molecule has 1 saturated heterocycles. The molecule has 1 aliphatic heterocycles. The topological polar surface area (TPSA) is 59.6 Å². The normalized spacial score (nSPS) is 15.8. The summed E-state index contributed by atoms with van der Waals surface area (Å²) < 4.78 is 11.0. The van der Waals surface area contributed by atoms with E-state index >= 15 is 0 Å². The molecule has 148 valence electrons. The maximum Gasteiger partial charge on any atom is 0.224 e. The number of carbonyl (C=O) groups is 1. The minimum absolute atomic E-state index is 0. The summed E-state index contributed by atoms with van der Waals surface area (Å²) >= 11 is 6.23. The number of benzene rings is 1. The van der Waals surface area contributed by atoms with E-state index in [1.807, 2.05) is 19.1 Å². The highest BCUT2D eigenvalue weighted by atomic mass is 35.5. The first-order valence-corrected chi connectivity index (χ1v) is 9.49. The zero-order valence-corrected chi connectivity index (χ0v) is 17.1. The van der Waals surface area contributed by atoms with Gasteiger partial charge < -0.3 is 20.1 Å². The molecule has 0 bridgehead atoms. The summed E-state index contributed by atoms with van der Waals surface area (Å²) in [5, 5.41) is 6.81. The number of halogens is 2. The lowest BCUT2D eigenvalue weighted by atomic mass is 9.84. The number of nitrogens with one attached hydrogen (secondary N) is 2. The average molecular weight is 405 g/mol. The van der Waals surface area contributed by atoms with Gasteiger partial charge in [-0.1, -0.05) is 24.6 Å². The Hall–Kier alpha value is -1.01. The van der Waals surface area contributed by atoms with Gasteiger partial charge in [0.2, 0.25) is 5.91 Å². The highest BCUT2D eigenvalue weighted by Gasteiger charge is 2.22. The zero-order valence-electron chi connectivity index (χ0n) is 15.6. The van der Waals surface area contributed by atoms with E-state index in [9.17, 15) is 4.79 Å². The van der Waals surface area contributed by atoms with Crippen LogP contribution in [0.4, 0.5) is 5.69 Å². The van der Waals surface area contributed by atoms with Crippen LogP contribution in [-0.4, -0.2) is 38.8 Å². The van der Waals surface area contributed by atoms with Crippen LogP contribution in [0.3, 0.4) is 0 Å². The lowest BCUT2D eigenvalue weighted by Gasteiger charge is -2.28. The number of anilines is 1. The molecule has 1 aliphatic rings. The van der Waals surface area contributed by atoms with Crippen LogP contribution >= 0.6 is 24.0 Å². The van der Waals surface area contributed by atoms with Crippen LogP contribution in [0.5, 0.6) is 5.75 Å². The molecule has 2 N–H and O–H groups in total. The SMILES string of the molecule is CCOCCOc1c(Cl)cccc1NC(=O)CC(C)C1CCNCC1.Cl. The van der Waals surface area contributed by atoms with Crippen LogP contribution in [0, 0.1) is 11.8 Å². The Balaban J connectivity index is 0.00000338. The molecule has 1 fully saturated rings. The summed E-state index contributed by atoms with van der Waals surface area (Å²) in [5.41, 5.74) is 0.617. The van der Waals surface area contributed by atoms with E-state index in [1.54, 1.807) is 6.07 Å². The van der Waals surface area contributed by atoms with Gasteiger partial charge in [0, 0.05) is 13.0 Å². The van der Waals surface area contributed by atoms with Gasteiger partial charge in [0.25, 0.3) is 0 Å². The van der Waals surface area contributed by atoms with Crippen LogP contribution in [0.25, 0.3) is 0 Å². The van der Waals surface area contributed by atoms with Crippen molar-refractivity contribution in [1.82, 2.24) is 5.32 Å². The lowest BCUT2D eigenvalue weighted by molar-refractivity contribution is -0.117. The molecule has 1 unspecified atom stereocenters. The minimum atomic E-state index is 0. The standard InChI is InChI=1S/C19H29ClN2O3.ClH/c1-3-24-11-12-25-19-16(20)5-4-6-17(19)22-18(23)13-14(2)15-7-9-21-10-8-15;/h4-6,14-15,21H,3,7-13H2,1-2H3,(H,22,23);1H. The highest BCUT2D eigenvalue weighted by Crippen LogP contribution is 2.33. The van der Waals surface area contributed by atoms with E-state index in [-0.39, 0.29) is 18.3 Å². The van der Waals surface area contributed by atoms with E-state index in [4.69, 9.17) is 21.1 Å². The Labute approximate surface area is 167 Å². The van der Waals surface area contributed by atoms with Crippen molar-refractivity contribution < 1.29 is 14.3 Å². The molecule has 1 atom stereocenters. The number of piperidine rings is 1. The number of ether oxygens (including phenoxy) is 2. The zero-order chi connectivity index (χ0) is 18.1. The first kappa shape index (κ1) is 23.0. The molecule has 0 spiro atoms. The van der Waals surface area contributed by atoms with Gasteiger partial charge in [-0.15, -0.1) is 12.4 Å². The summed E-state index contributed by atoms with van der Waals surface area (Å²) in [6.45, 7) is 7.71. The Morgan fingerprint density at radius 3 is 2.77 bits per heavy atom. The fourth-order valence-corrected chi connectivity index (χ4v) is 3.40. The van der Waals surface area contributed by atoms with E-state index in [0.29, 0.717) is 54.5 Å². The fraction of sp³-hybridized carbons (Fsp3) is 0.632. The molecular formula is C19H30Cl2N2O3. The second-order valence-electron chi connectivity index (χ2n) is 6.48. The van der Waals surface area contributed by atoms with Gasteiger partial charge in [0.15, 0.2) is 5.75 Å². The Bertz CT molecular complexity index is 552. The summed E-state index contributed by atoms with van der Waals surface area (Å²) in [6.07, 6.45) is 2.78. The summed E-state index contributed by atoms with van der Waals surface area (Å²) in [5.74, 6) is 1.48. The molecule has 0 saturated carbocycles. The molecular weight excluding hydrogens is 375 g/mol. The van der Waals surface area contributed by atoms with Gasteiger partial charge in [-0.05, 0) is 56.8 Å². The van der Waals surface area contributed by atoms with Crippen LogP contribution in [0.15, 0.2) is 18.2 Å². The Morgan fingerprint density at radius 2 is 2.08 bits per heavy atom. The van der Waals surface area contributed by atoms with Gasteiger partial charge in [-0.2, -0.15) is 0 Å². The van der Waals surface area contributed by atoms with Crippen molar-refractivity contribution in [1.29, 1.82) is 0 Å². The van der Waals surface area contributed by atoms with Crippen molar-refractivity contribution in [2.75, 3.05) is 38.2 Å². The van der Waals surface area contributed by atoms with Crippen molar-refractivity contribution >= 4 is 35.6 Å². The summed E-state index contributed by atoms with van der Waals surface area (Å²) in [6, 6.07) is 5.38. The van der Waals surface area contributed by atoms with Gasteiger partial charge >= 0.3 is 0 Å². The monoisotopic (exact) mass is 404 g/mol. The third-order valence-corrected chi connectivity index (χ3v) is 4.91. The first-order valence-electron chi connectivity index (χ1n) is 9.11. The third kappa shape index (κ3) is 7.31. The van der Waals surface area contributed by atoms with Crippen molar-refractivity contribution in [2.24, 2.45) is 11.8 Å². The molecule has 0 aliphatic carbocycles. The number of hydrogen-bond donors (Lipinski definition) is 2. The van der Waals surface area contributed by atoms with E-state index in [1.165, 1.54) is 0 Å². The number of para-hydroxylation sites is 1. The molecule has 0 aromatic heterocycles. The maximum absolute atomic E-state index is 12.5. The van der Waals surface area contributed by atoms with Crippen LogP contribution < -0.4 is 15.4 Å². The predicted molar refractivity (Wildman–Crippen MR) is 109 cm³/mol. The smallest absolute Gasteiger partial charge is 0.224 e. The molecule has 2 rings (SSSR count). The van der Waals surface area contributed by atoms with E-state index in [2.05, 4.69) is 17.6 Å². The molecule has 1 aromatic rings. The maximum atomic E-state index is 12.5. The molecule has 7 heteroatoms. The first-order chi connectivity index (χ1) is 12.1. The summed E-state index contributed by atoms with van der Waals surface area (Å²) in [7, 11) is 0. The minimum Gasteiger partial charge on any atom is -0.487 e. The summed E-state index contributed by atoms with van der Waals surface area (Å²) in [4.78, 5) is 12.5. The van der Waals surface area contributed by atoms with Crippen molar-refractivity contribution in [2.45, 2.75) is 33.1 Å². The molecule has 5 nitrogen and oxygen atoms in total. The molecule has 0 radical (unpaired) electrons. The molecule has 26 heavy (non-hydrogen) atoms. The van der Waals surface area contributed by atoms with Crippen molar-refractivity contribution in [3.8, 4) is 5.75 Å². The van der Waals surface area contributed by atoms with Crippen molar-refractivity contribution in [3.05, 3.63) is 23.2 Å². The van der Waals surface area contributed by atoms with Gasteiger partial charge in [-0.25, -0.2) is 0 Å². The second-order valence-corrected chi connectivity index (χ2v) is 6.89. The van der Waals surface area contributed by atoms with Crippen molar-refractivity contribution in [3.63, 3.8) is 0 Å². The third-order valence-electron chi connectivity index (χ3n) is 4.62. The van der Waals surface area contributed by atoms with E-state index < -0.39 is 0 Å². The van der Waals surface area contributed by atoms with Gasteiger partial charge in [-0.3, -0.25) is 4.79 Å². The lowest BCUT2D eigenvalue weighted by Crippen LogP contribution is -2.32. The van der Waals surface area contributed by atoms with Crippen LogP contribution in [0.1, 0.15) is 33.1 Å². The fourth-order valence-electron chi connectivity index (χ4n) is 3.17. The largest absolute Gasteiger partial charge is 0.487 e. The van der Waals surface area contributed by atoms with Crippen LogP contribution in [0.2, 0.25) is 5.02 Å². The Morgan fingerprint density at radius 1 is 1.35 bits per heavy atom. The predicted octanol–water partition coefficient (Wildman–Crippen LogP) is 4.14. The molecule has 1 amide bonds. The average Bonchev–Trinajstić information content (AvgIpc) is 2.61.